The molecular formula is C28H34O6. The van der Waals surface area contributed by atoms with Crippen LogP contribution in [0.2, 0.25) is 0 Å². The molecule has 0 atom stereocenters. The Labute approximate surface area is 201 Å². The fourth-order valence-corrected chi connectivity index (χ4v) is 3.77. The summed E-state index contributed by atoms with van der Waals surface area (Å²) in [7, 11) is 0. The molecule has 0 amide bonds. The van der Waals surface area contributed by atoms with E-state index in [9.17, 15) is 9.59 Å². The van der Waals surface area contributed by atoms with Gasteiger partial charge in [0.2, 0.25) is 0 Å². The molecule has 0 aliphatic carbocycles. The van der Waals surface area contributed by atoms with Crippen molar-refractivity contribution in [1.29, 1.82) is 0 Å². The molecule has 34 heavy (non-hydrogen) atoms. The molecule has 0 spiro atoms. The van der Waals surface area contributed by atoms with Gasteiger partial charge in [-0.2, -0.15) is 0 Å². The molecule has 0 bridgehead atoms. The smallest absolute Gasteiger partial charge is 0.434 e. The number of benzene rings is 3. The van der Waals surface area contributed by atoms with Crippen molar-refractivity contribution in [1.82, 2.24) is 0 Å². The van der Waals surface area contributed by atoms with Crippen molar-refractivity contribution in [2.45, 2.75) is 54.4 Å². The van der Waals surface area contributed by atoms with E-state index in [2.05, 4.69) is 13.0 Å². The van der Waals surface area contributed by atoms with Crippen molar-refractivity contribution < 1.29 is 28.5 Å². The first-order valence-corrected chi connectivity index (χ1v) is 11.9. The van der Waals surface area contributed by atoms with Crippen LogP contribution in [0.15, 0.2) is 36.4 Å². The number of rotatable bonds is 8. The average molecular weight is 467 g/mol. The Morgan fingerprint density at radius 3 is 1.76 bits per heavy atom. The van der Waals surface area contributed by atoms with E-state index >= 15 is 0 Å². The molecule has 0 N–H and O–H groups in total. The summed E-state index contributed by atoms with van der Waals surface area (Å²) in [6, 6.07) is 11.5. The number of aryl methyl sites for hydroxylation is 2. The van der Waals surface area contributed by atoms with Gasteiger partial charge in [-0.25, -0.2) is 9.59 Å². The van der Waals surface area contributed by atoms with E-state index in [4.69, 9.17) is 18.9 Å². The molecular weight excluding hydrogens is 432 g/mol. The molecule has 0 unspecified atom stereocenters. The van der Waals surface area contributed by atoms with Crippen LogP contribution in [-0.2, 0) is 22.3 Å². The van der Waals surface area contributed by atoms with Gasteiger partial charge in [-0.1, -0.05) is 71.9 Å². The number of carbonyl (C=O) groups is 2. The predicted molar refractivity (Wildman–Crippen MR) is 134 cm³/mol. The third-order valence-electron chi connectivity index (χ3n) is 5.40. The van der Waals surface area contributed by atoms with E-state index in [1.807, 2.05) is 65.0 Å². The number of fused-ring (bicyclic) bond motifs is 2. The van der Waals surface area contributed by atoms with E-state index in [0.717, 1.165) is 22.9 Å². The molecule has 3 aromatic carbocycles. The van der Waals surface area contributed by atoms with Gasteiger partial charge in [0.15, 0.2) is 5.75 Å². The first kappa shape index (κ1) is 25.3. The Morgan fingerprint density at radius 1 is 0.735 bits per heavy atom. The van der Waals surface area contributed by atoms with Crippen LogP contribution in [-0.4, -0.2) is 25.5 Å². The number of carbonyl (C=O) groups excluding carboxylic acids is 2. The lowest BCUT2D eigenvalue weighted by Crippen LogP contribution is -2.16. The maximum absolute atomic E-state index is 12.6. The van der Waals surface area contributed by atoms with Gasteiger partial charge in [-0.05, 0) is 41.9 Å². The first-order chi connectivity index (χ1) is 16.2. The molecule has 6 nitrogen and oxygen atoms in total. The molecule has 0 saturated heterocycles. The molecule has 0 fully saturated rings. The summed E-state index contributed by atoms with van der Waals surface area (Å²) in [6.07, 6.45) is -0.00590. The van der Waals surface area contributed by atoms with Crippen LogP contribution in [0.25, 0.3) is 21.5 Å². The van der Waals surface area contributed by atoms with E-state index in [0.29, 0.717) is 34.1 Å². The monoisotopic (exact) mass is 466 g/mol. The van der Waals surface area contributed by atoms with Gasteiger partial charge >= 0.3 is 12.3 Å². The Morgan fingerprint density at radius 2 is 1.26 bits per heavy atom. The number of ether oxygens (including phenoxy) is 4. The van der Waals surface area contributed by atoms with Gasteiger partial charge in [0.25, 0.3) is 0 Å². The second-order valence-corrected chi connectivity index (χ2v) is 9.20. The summed E-state index contributed by atoms with van der Waals surface area (Å²) in [5.41, 5.74) is 2.08. The van der Waals surface area contributed by atoms with E-state index in [1.165, 1.54) is 0 Å². The molecule has 3 rings (SSSR count). The minimum atomic E-state index is -0.759. The van der Waals surface area contributed by atoms with Gasteiger partial charge in [-0.15, -0.1) is 0 Å². The average Bonchev–Trinajstić information content (AvgIpc) is 2.82. The zero-order valence-corrected chi connectivity index (χ0v) is 20.9. The quantitative estimate of drug-likeness (QED) is 0.195. The summed E-state index contributed by atoms with van der Waals surface area (Å²) < 4.78 is 22.2. The minimum Gasteiger partial charge on any atom is -0.434 e. The maximum Gasteiger partial charge on any atom is 0.513 e. The highest BCUT2D eigenvalue weighted by atomic mass is 16.7. The zero-order valence-electron chi connectivity index (χ0n) is 20.9. The summed E-state index contributed by atoms with van der Waals surface area (Å²) in [4.78, 5) is 25.2. The molecule has 0 aromatic heterocycles. The highest BCUT2D eigenvalue weighted by Gasteiger charge is 2.23. The molecule has 0 aliphatic rings. The van der Waals surface area contributed by atoms with Crippen molar-refractivity contribution in [3.05, 3.63) is 47.5 Å². The van der Waals surface area contributed by atoms with Gasteiger partial charge in [-0.3, -0.25) is 0 Å². The maximum atomic E-state index is 12.6. The molecule has 182 valence electrons. The summed E-state index contributed by atoms with van der Waals surface area (Å²) in [5, 5.41) is 2.73. The zero-order chi connectivity index (χ0) is 24.8. The number of hydrogen-bond acceptors (Lipinski definition) is 6. The summed E-state index contributed by atoms with van der Waals surface area (Å²) in [5.74, 6) is 1.17. The molecule has 3 aromatic rings. The van der Waals surface area contributed by atoms with Gasteiger partial charge in [0.05, 0.1) is 13.2 Å². The van der Waals surface area contributed by atoms with Crippen molar-refractivity contribution in [3.8, 4) is 11.5 Å². The second-order valence-electron chi connectivity index (χ2n) is 9.20. The minimum absolute atomic E-state index is 0.187. The Balaban J connectivity index is 2.25. The van der Waals surface area contributed by atoms with Crippen LogP contribution in [0.5, 0.6) is 11.5 Å². The molecule has 6 heteroatoms. The Kier molecular flexibility index (Phi) is 8.37. The van der Waals surface area contributed by atoms with Crippen molar-refractivity contribution >= 4 is 33.9 Å². The summed E-state index contributed by atoms with van der Waals surface area (Å²) >= 11 is 0. The predicted octanol–water partition coefficient (Wildman–Crippen LogP) is 7.46. The Hall–Kier alpha value is -3.28. The van der Waals surface area contributed by atoms with E-state index in [-0.39, 0.29) is 25.0 Å². The molecule has 0 saturated carbocycles. The fourth-order valence-electron chi connectivity index (χ4n) is 3.77. The highest BCUT2D eigenvalue weighted by molar-refractivity contribution is 6.13. The standard InChI is InChI=1S/C28H34O6/c1-7-19-13-20(8-2)24-23(14-19)25(33-27(29)31-15-17(3)4)21-11-9-10-12-22(21)26(24)34-28(30)32-16-18(5)6/h9-14,17-18H,7-8,15-16H2,1-6H3. The normalized spacial score (nSPS) is 11.3. The van der Waals surface area contributed by atoms with Gasteiger partial charge in [0.1, 0.15) is 5.75 Å². The first-order valence-electron chi connectivity index (χ1n) is 11.9. The van der Waals surface area contributed by atoms with E-state index in [1.54, 1.807) is 0 Å². The molecule has 0 radical (unpaired) electrons. The topological polar surface area (TPSA) is 71.1 Å². The van der Waals surface area contributed by atoms with Crippen LogP contribution < -0.4 is 9.47 Å². The third-order valence-corrected chi connectivity index (χ3v) is 5.40. The van der Waals surface area contributed by atoms with Crippen molar-refractivity contribution in [3.63, 3.8) is 0 Å². The lowest BCUT2D eigenvalue weighted by Gasteiger charge is -2.19. The third kappa shape index (κ3) is 5.79. The highest BCUT2D eigenvalue weighted by Crippen LogP contribution is 2.45. The van der Waals surface area contributed by atoms with Crippen LogP contribution in [0, 0.1) is 11.8 Å². The lowest BCUT2D eigenvalue weighted by molar-refractivity contribution is 0.0879. The number of hydrogen-bond donors (Lipinski definition) is 0. The summed E-state index contributed by atoms with van der Waals surface area (Å²) in [6.45, 7) is 12.5. The second kappa shape index (κ2) is 11.2. The Bertz CT molecular complexity index is 1180. The van der Waals surface area contributed by atoms with Crippen LogP contribution >= 0.6 is 0 Å². The van der Waals surface area contributed by atoms with Crippen molar-refractivity contribution in [2.24, 2.45) is 11.8 Å². The van der Waals surface area contributed by atoms with Crippen molar-refractivity contribution in [2.75, 3.05) is 13.2 Å². The van der Waals surface area contributed by atoms with Crippen LogP contribution in [0.1, 0.15) is 52.7 Å². The molecule has 0 heterocycles. The SMILES string of the molecule is CCc1cc(CC)c2c(OC(=O)OCC(C)C)c3ccccc3c(OC(=O)OCC(C)C)c2c1. The van der Waals surface area contributed by atoms with Gasteiger partial charge < -0.3 is 18.9 Å². The van der Waals surface area contributed by atoms with Crippen LogP contribution in [0.4, 0.5) is 9.59 Å². The largest absolute Gasteiger partial charge is 0.513 e. The molecule has 0 aliphatic heterocycles. The fraction of sp³-hybridized carbons (Fsp3) is 0.429. The van der Waals surface area contributed by atoms with E-state index < -0.39 is 12.3 Å². The van der Waals surface area contributed by atoms with Crippen LogP contribution in [0.3, 0.4) is 0 Å². The van der Waals surface area contributed by atoms with Gasteiger partial charge in [0, 0.05) is 21.5 Å². The lowest BCUT2D eigenvalue weighted by atomic mass is 9.93.